The molecule has 0 unspecified atom stereocenters. The number of carbonyl (C=O) groups excluding carboxylic acids is 1. The van der Waals surface area contributed by atoms with Gasteiger partial charge in [0.05, 0.1) is 0 Å². The zero-order valence-electron chi connectivity index (χ0n) is 11.3. The second-order valence-corrected chi connectivity index (χ2v) is 5.81. The van der Waals surface area contributed by atoms with Crippen LogP contribution in [-0.4, -0.2) is 28.7 Å². The summed E-state index contributed by atoms with van der Waals surface area (Å²) < 4.78 is 0. The highest BCUT2D eigenvalue weighted by molar-refractivity contribution is 5.86. The molecular formula is C14H22N2O3. The standard InChI is InChI=1S/C14H22N2O3/c1-10-6-8-14(9-7-10,12(17)18)16-13(19)15-11-4-2-3-5-11/h2-3,10-11H,4-9H2,1H3,(H,17,18)(H2,15,16,19). The van der Waals surface area contributed by atoms with Crippen LogP contribution in [0.15, 0.2) is 12.2 Å². The molecule has 3 N–H and O–H groups in total. The van der Waals surface area contributed by atoms with Crippen molar-refractivity contribution in [1.82, 2.24) is 10.6 Å². The average molecular weight is 266 g/mol. The van der Waals surface area contributed by atoms with Crippen molar-refractivity contribution in [3.8, 4) is 0 Å². The van der Waals surface area contributed by atoms with Crippen molar-refractivity contribution >= 4 is 12.0 Å². The summed E-state index contributed by atoms with van der Waals surface area (Å²) in [5.74, 6) is -0.379. The topological polar surface area (TPSA) is 78.4 Å². The predicted octanol–water partition coefficient (Wildman–Crippen LogP) is 2.04. The summed E-state index contributed by atoms with van der Waals surface area (Å²) in [6.07, 6.45) is 8.42. The van der Waals surface area contributed by atoms with Crippen LogP contribution < -0.4 is 10.6 Å². The maximum atomic E-state index is 11.9. The van der Waals surface area contributed by atoms with Crippen molar-refractivity contribution in [2.75, 3.05) is 0 Å². The summed E-state index contributed by atoms with van der Waals surface area (Å²) in [7, 11) is 0. The van der Waals surface area contributed by atoms with Crippen LogP contribution in [0, 0.1) is 5.92 Å². The van der Waals surface area contributed by atoms with E-state index in [9.17, 15) is 14.7 Å². The predicted molar refractivity (Wildman–Crippen MR) is 71.8 cm³/mol. The molecule has 0 saturated heterocycles. The Hall–Kier alpha value is -1.52. The first kappa shape index (κ1) is 13.9. The van der Waals surface area contributed by atoms with Crippen molar-refractivity contribution < 1.29 is 14.7 Å². The highest BCUT2D eigenvalue weighted by Crippen LogP contribution is 2.32. The summed E-state index contributed by atoms with van der Waals surface area (Å²) in [5, 5.41) is 15.0. The Morgan fingerprint density at radius 2 is 1.79 bits per heavy atom. The lowest BCUT2D eigenvalue weighted by atomic mass is 9.77. The number of rotatable bonds is 3. The third-order valence-electron chi connectivity index (χ3n) is 4.23. The number of nitrogens with one attached hydrogen (secondary N) is 2. The van der Waals surface area contributed by atoms with E-state index in [2.05, 4.69) is 17.6 Å². The van der Waals surface area contributed by atoms with E-state index in [1.165, 1.54) is 0 Å². The molecule has 5 nitrogen and oxygen atoms in total. The number of carboxylic acid groups (broad SMARTS) is 1. The molecule has 106 valence electrons. The molecule has 2 aliphatic carbocycles. The highest BCUT2D eigenvalue weighted by Gasteiger charge is 2.42. The van der Waals surface area contributed by atoms with Crippen LogP contribution in [0.4, 0.5) is 4.79 Å². The van der Waals surface area contributed by atoms with Gasteiger partial charge in [-0.2, -0.15) is 0 Å². The van der Waals surface area contributed by atoms with Gasteiger partial charge in [0.1, 0.15) is 5.54 Å². The van der Waals surface area contributed by atoms with Crippen molar-refractivity contribution in [3.05, 3.63) is 12.2 Å². The third kappa shape index (κ3) is 3.28. The molecule has 0 heterocycles. The van der Waals surface area contributed by atoms with Gasteiger partial charge in [-0.3, -0.25) is 0 Å². The Kier molecular flexibility index (Phi) is 4.12. The fraction of sp³-hybridized carbons (Fsp3) is 0.714. The average Bonchev–Trinajstić information content (AvgIpc) is 2.84. The summed E-state index contributed by atoms with van der Waals surface area (Å²) in [4.78, 5) is 23.4. The minimum atomic E-state index is -1.08. The number of hydrogen-bond donors (Lipinski definition) is 3. The summed E-state index contributed by atoms with van der Waals surface area (Å²) in [6.45, 7) is 2.12. The van der Waals surface area contributed by atoms with E-state index in [1.54, 1.807) is 0 Å². The maximum absolute atomic E-state index is 11.9. The molecule has 2 aliphatic rings. The molecule has 0 aromatic heterocycles. The highest BCUT2D eigenvalue weighted by atomic mass is 16.4. The van der Waals surface area contributed by atoms with E-state index in [0.717, 1.165) is 25.7 Å². The fourth-order valence-electron chi connectivity index (χ4n) is 2.82. The van der Waals surface area contributed by atoms with Crippen LogP contribution in [0.3, 0.4) is 0 Å². The van der Waals surface area contributed by atoms with Gasteiger partial charge in [-0.05, 0) is 44.4 Å². The molecular weight excluding hydrogens is 244 g/mol. The second-order valence-electron chi connectivity index (χ2n) is 5.81. The molecule has 0 aromatic carbocycles. The third-order valence-corrected chi connectivity index (χ3v) is 4.23. The largest absolute Gasteiger partial charge is 0.480 e. The first-order valence-corrected chi connectivity index (χ1v) is 6.99. The smallest absolute Gasteiger partial charge is 0.329 e. The zero-order valence-corrected chi connectivity index (χ0v) is 11.3. The van der Waals surface area contributed by atoms with E-state index in [4.69, 9.17) is 0 Å². The maximum Gasteiger partial charge on any atom is 0.329 e. The van der Waals surface area contributed by atoms with Crippen LogP contribution >= 0.6 is 0 Å². The van der Waals surface area contributed by atoms with Gasteiger partial charge in [0.15, 0.2) is 0 Å². The summed E-state index contributed by atoms with van der Waals surface area (Å²) in [6, 6.07) is -0.251. The molecule has 0 radical (unpaired) electrons. The Bertz CT molecular complexity index is 376. The van der Waals surface area contributed by atoms with E-state index < -0.39 is 11.5 Å². The van der Waals surface area contributed by atoms with Gasteiger partial charge in [-0.25, -0.2) is 9.59 Å². The number of urea groups is 1. The SMILES string of the molecule is CC1CCC(NC(=O)NC2CC=CC2)(C(=O)O)CC1. The number of carbonyl (C=O) groups is 2. The van der Waals surface area contributed by atoms with Crippen LogP contribution in [0.1, 0.15) is 45.4 Å². The fourth-order valence-corrected chi connectivity index (χ4v) is 2.82. The summed E-state index contributed by atoms with van der Waals surface area (Å²) >= 11 is 0. The van der Waals surface area contributed by atoms with Gasteiger partial charge >= 0.3 is 12.0 Å². The number of aliphatic carboxylic acids is 1. The second kappa shape index (κ2) is 5.63. The minimum Gasteiger partial charge on any atom is -0.480 e. The first-order valence-electron chi connectivity index (χ1n) is 6.99. The van der Waals surface area contributed by atoms with Gasteiger partial charge in [-0.15, -0.1) is 0 Å². The van der Waals surface area contributed by atoms with Crippen LogP contribution in [0.2, 0.25) is 0 Å². The quantitative estimate of drug-likeness (QED) is 0.684. The van der Waals surface area contributed by atoms with Gasteiger partial charge < -0.3 is 15.7 Å². The Labute approximate surface area is 113 Å². The number of carboxylic acids is 1. The normalized spacial score (nSPS) is 31.1. The number of amides is 2. The molecule has 0 spiro atoms. The van der Waals surface area contributed by atoms with Gasteiger partial charge in [0.25, 0.3) is 0 Å². The molecule has 1 fully saturated rings. The zero-order chi connectivity index (χ0) is 13.9. The summed E-state index contributed by atoms with van der Waals surface area (Å²) in [5.41, 5.74) is -1.08. The molecule has 1 saturated carbocycles. The van der Waals surface area contributed by atoms with Crippen LogP contribution in [0.25, 0.3) is 0 Å². The van der Waals surface area contributed by atoms with Crippen molar-refractivity contribution in [3.63, 3.8) is 0 Å². The lowest BCUT2D eigenvalue weighted by Crippen LogP contribution is -2.59. The van der Waals surface area contributed by atoms with E-state index in [1.807, 2.05) is 12.2 Å². The van der Waals surface area contributed by atoms with E-state index >= 15 is 0 Å². The van der Waals surface area contributed by atoms with Gasteiger partial charge in [0.2, 0.25) is 0 Å². The molecule has 0 bridgehead atoms. The molecule has 0 aliphatic heterocycles. The first-order chi connectivity index (χ1) is 9.02. The monoisotopic (exact) mass is 266 g/mol. The van der Waals surface area contributed by atoms with Crippen molar-refractivity contribution in [2.24, 2.45) is 5.92 Å². The molecule has 5 heteroatoms. The van der Waals surface area contributed by atoms with Gasteiger partial charge in [0, 0.05) is 6.04 Å². The molecule has 2 amide bonds. The Morgan fingerprint density at radius 3 is 2.32 bits per heavy atom. The van der Waals surface area contributed by atoms with Crippen LogP contribution in [0.5, 0.6) is 0 Å². The molecule has 2 rings (SSSR count). The molecule has 19 heavy (non-hydrogen) atoms. The van der Waals surface area contributed by atoms with Crippen molar-refractivity contribution in [1.29, 1.82) is 0 Å². The minimum absolute atomic E-state index is 0.105. The van der Waals surface area contributed by atoms with Gasteiger partial charge in [-0.1, -0.05) is 19.1 Å². The van der Waals surface area contributed by atoms with Crippen LogP contribution in [-0.2, 0) is 4.79 Å². The molecule has 0 aromatic rings. The Balaban J connectivity index is 1.92. The van der Waals surface area contributed by atoms with E-state index in [0.29, 0.717) is 18.8 Å². The van der Waals surface area contributed by atoms with Crippen molar-refractivity contribution in [2.45, 2.75) is 57.0 Å². The lowest BCUT2D eigenvalue weighted by Gasteiger charge is -2.36. The van der Waals surface area contributed by atoms with E-state index in [-0.39, 0.29) is 12.1 Å². The number of hydrogen-bond acceptors (Lipinski definition) is 2. The molecule has 0 atom stereocenters. The Morgan fingerprint density at radius 1 is 1.21 bits per heavy atom. The lowest BCUT2D eigenvalue weighted by molar-refractivity contribution is -0.146.